The average Bonchev–Trinajstić information content (AvgIpc) is 2.23. The highest BCUT2D eigenvalue weighted by molar-refractivity contribution is 7.98. The van der Waals surface area contributed by atoms with Crippen LogP contribution in [0, 0.1) is 11.8 Å². The second-order valence-corrected chi connectivity index (χ2v) is 5.97. The third-order valence-corrected chi connectivity index (χ3v) is 3.94. The van der Waals surface area contributed by atoms with Crippen LogP contribution in [0.2, 0.25) is 0 Å². The predicted molar refractivity (Wildman–Crippen MR) is 80.3 cm³/mol. The first-order valence-electron chi connectivity index (χ1n) is 5.91. The van der Waals surface area contributed by atoms with Crippen LogP contribution in [-0.2, 0) is 4.79 Å². The van der Waals surface area contributed by atoms with E-state index in [0.717, 1.165) is 12.2 Å². The standard InChI is InChI=1S/C12H24N2OS2/c1-6-9(7-17-5)14(4)12(15)10(8(2)3)11(13)16/h8-10H,6-7H2,1-5H3,(H2,13,16). The number of rotatable bonds is 7. The fourth-order valence-corrected chi connectivity index (χ4v) is 3.05. The van der Waals surface area contributed by atoms with E-state index >= 15 is 0 Å². The summed E-state index contributed by atoms with van der Waals surface area (Å²) in [5, 5.41) is 0. The molecule has 3 nitrogen and oxygen atoms in total. The number of amides is 1. The largest absolute Gasteiger partial charge is 0.393 e. The van der Waals surface area contributed by atoms with Crippen LogP contribution in [0.3, 0.4) is 0 Å². The van der Waals surface area contributed by atoms with Gasteiger partial charge in [-0.15, -0.1) is 0 Å². The molecule has 0 aliphatic rings. The van der Waals surface area contributed by atoms with Gasteiger partial charge in [0.2, 0.25) is 5.91 Å². The third-order valence-electron chi connectivity index (χ3n) is 2.96. The Morgan fingerprint density at radius 3 is 2.29 bits per heavy atom. The van der Waals surface area contributed by atoms with E-state index in [0.29, 0.717) is 4.99 Å². The monoisotopic (exact) mass is 276 g/mol. The predicted octanol–water partition coefficient (Wildman–Crippen LogP) is 2.14. The molecule has 0 heterocycles. The topological polar surface area (TPSA) is 46.3 Å². The van der Waals surface area contributed by atoms with Gasteiger partial charge in [0.25, 0.3) is 0 Å². The van der Waals surface area contributed by atoms with E-state index in [4.69, 9.17) is 18.0 Å². The Morgan fingerprint density at radius 2 is 2.00 bits per heavy atom. The van der Waals surface area contributed by atoms with Crippen molar-refractivity contribution in [2.75, 3.05) is 19.1 Å². The summed E-state index contributed by atoms with van der Waals surface area (Å²) in [6.07, 6.45) is 3.00. The fraction of sp³-hybridized carbons (Fsp3) is 0.833. The van der Waals surface area contributed by atoms with Crippen LogP contribution in [-0.4, -0.2) is 40.9 Å². The summed E-state index contributed by atoms with van der Waals surface area (Å²) in [6.45, 7) is 6.05. The SMILES string of the molecule is CCC(CSC)N(C)C(=O)C(C(N)=S)C(C)C. The number of nitrogens with two attached hydrogens (primary N) is 1. The van der Waals surface area contributed by atoms with Crippen LogP contribution in [0.15, 0.2) is 0 Å². The molecule has 0 aliphatic heterocycles. The molecule has 0 fully saturated rings. The van der Waals surface area contributed by atoms with Gasteiger partial charge in [-0.25, -0.2) is 0 Å². The summed E-state index contributed by atoms with van der Waals surface area (Å²) >= 11 is 6.75. The molecule has 17 heavy (non-hydrogen) atoms. The molecule has 0 aromatic carbocycles. The van der Waals surface area contributed by atoms with E-state index in [2.05, 4.69) is 13.2 Å². The molecule has 2 N–H and O–H groups in total. The van der Waals surface area contributed by atoms with Gasteiger partial charge in [0.15, 0.2) is 0 Å². The van der Waals surface area contributed by atoms with E-state index in [1.54, 1.807) is 16.7 Å². The minimum absolute atomic E-state index is 0.0494. The maximum atomic E-state index is 12.4. The van der Waals surface area contributed by atoms with Crippen molar-refractivity contribution in [2.24, 2.45) is 17.6 Å². The highest BCUT2D eigenvalue weighted by atomic mass is 32.2. The summed E-state index contributed by atoms with van der Waals surface area (Å²) in [5.41, 5.74) is 5.67. The molecule has 1 amide bonds. The van der Waals surface area contributed by atoms with Crippen molar-refractivity contribution in [3.63, 3.8) is 0 Å². The summed E-state index contributed by atoms with van der Waals surface area (Å²) < 4.78 is 0. The minimum Gasteiger partial charge on any atom is -0.393 e. The molecular formula is C12H24N2OS2. The highest BCUT2D eigenvalue weighted by Crippen LogP contribution is 2.18. The van der Waals surface area contributed by atoms with Gasteiger partial charge in [-0.1, -0.05) is 33.0 Å². The van der Waals surface area contributed by atoms with Gasteiger partial charge in [-0.05, 0) is 18.6 Å². The highest BCUT2D eigenvalue weighted by Gasteiger charge is 2.30. The lowest BCUT2D eigenvalue weighted by atomic mass is 9.94. The van der Waals surface area contributed by atoms with E-state index in [9.17, 15) is 4.79 Å². The molecule has 0 saturated heterocycles. The summed E-state index contributed by atoms with van der Waals surface area (Å²) in [4.78, 5) is 14.5. The molecule has 0 rings (SSSR count). The van der Waals surface area contributed by atoms with Crippen molar-refractivity contribution in [1.82, 2.24) is 4.90 Å². The van der Waals surface area contributed by atoms with E-state index in [1.807, 2.05) is 20.9 Å². The zero-order valence-electron chi connectivity index (χ0n) is 11.4. The van der Waals surface area contributed by atoms with Crippen molar-refractivity contribution in [3.05, 3.63) is 0 Å². The zero-order chi connectivity index (χ0) is 13.6. The first-order valence-corrected chi connectivity index (χ1v) is 7.71. The van der Waals surface area contributed by atoms with Crippen molar-refractivity contribution >= 4 is 34.9 Å². The molecular weight excluding hydrogens is 252 g/mol. The average molecular weight is 276 g/mol. The van der Waals surface area contributed by atoms with E-state index < -0.39 is 0 Å². The molecule has 0 aliphatic carbocycles. The Hall–Kier alpha value is -0.290. The summed E-state index contributed by atoms with van der Waals surface area (Å²) in [5.74, 6) is 0.800. The number of thioether (sulfide) groups is 1. The number of carbonyl (C=O) groups excluding carboxylic acids is 1. The number of carbonyl (C=O) groups is 1. The first kappa shape index (κ1) is 16.7. The van der Waals surface area contributed by atoms with Crippen molar-refractivity contribution in [2.45, 2.75) is 33.2 Å². The first-order chi connectivity index (χ1) is 7.86. The Labute approximate surface area is 114 Å². The van der Waals surface area contributed by atoms with Gasteiger partial charge in [0.1, 0.15) is 0 Å². The number of hydrogen-bond acceptors (Lipinski definition) is 3. The van der Waals surface area contributed by atoms with Gasteiger partial charge >= 0.3 is 0 Å². The molecule has 0 saturated carbocycles. The van der Waals surface area contributed by atoms with Gasteiger partial charge in [0.05, 0.1) is 10.9 Å². The zero-order valence-corrected chi connectivity index (χ0v) is 13.0. The Morgan fingerprint density at radius 1 is 1.47 bits per heavy atom. The molecule has 2 unspecified atom stereocenters. The number of nitrogens with zero attached hydrogens (tertiary/aromatic N) is 1. The second kappa shape index (κ2) is 7.93. The third kappa shape index (κ3) is 4.84. The molecule has 0 aromatic rings. The quantitative estimate of drug-likeness (QED) is 0.724. The fourth-order valence-electron chi connectivity index (χ4n) is 1.83. The molecule has 2 atom stereocenters. The normalized spacial score (nSPS) is 14.5. The lowest BCUT2D eigenvalue weighted by molar-refractivity contribution is -0.134. The summed E-state index contributed by atoms with van der Waals surface area (Å²) in [7, 11) is 1.85. The van der Waals surface area contributed by atoms with Crippen LogP contribution in [0.4, 0.5) is 0 Å². The van der Waals surface area contributed by atoms with Crippen molar-refractivity contribution in [3.8, 4) is 0 Å². The van der Waals surface area contributed by atoms with Crippen molar-refractivity contribution < 1.29 is 4.79 Å². The molecule has 0 bridgehead atoms. The maximum Gasteiger partial charge on any atom is 0.232 e. The van der Waals surface area contributed by atoms with Gasteiger partial charge in [-0.3, -0.25) is 4.79 Å². The van der Waals surface area contributed by atoms with Crippen LogP contribution in [0.5, 0.6) is 0 Å². The molecule has 100 valence electrons. The Bertz CT molecular complexity index is 269. The lowest BCUT2D eigenvalue weighted by Crippen LogP contribution is -2.46. The smallest absolute Gasteiger partial charge is 0.232 e. The second-order valence-electron chi connectivity index (χ2n) is 4.59. The van der Waals surface area contributed by atoms with Crippen LogP contribution in [0.1, 0.15) is 27.2 Å². The van der Waals surface area contributed by atoms with E-state index in [-0.39, 0.29) is 23.8 Å². The van der Waals surface area contributed by atoms with Crippen LogP contribution >= 0.6 is 24.0 Å². The van der Waals surface area contributed by atoms with Gasteiger partial charge in [0, 0.05) is 18.8 Å². The number of thiocarbonyl (C=S) groups is 1. The maximum absolute atomic E-state index is 12.4. The summed E-state index contributed by atoms with van der Waals surface area (Å²) in [6, 6.07) is 0.257. The lowest BCUT2D eigenvalue weighted by Gasteiger charge is -2.31. The molecule has 0 radical (unpaired) electrons. The van der Waals surface area contributed by atoms with Gasteiger partial charge in [-0.2, -0.15) is 11.8 Å². The number of hydrogen-bond donors (Lipinski definition) is 1. The van der Waals surface area contributed by atoms with Gasteiger partial charge < -0.3 is 10.6 Å². The Balaban J connectivity index is 4.81. The van der Waals surface area contributed by atoms with E-state index in [1.165, 1.54) is 0 Å². The van der Waals surface area contributed by atoms with Crippen LogP contribution < -0.4 is 5.73 Å². The molecule has 0 aromatic heterocycles. The molecule has 5 heteroatoms. The van der Waals surface area contributed by atoms with Crippen LogP contribution in [0.25, 0.3) is 0 Å². The molecule has 0 spiro atoms. The minimum atomic E-state index is -0.342. The van der Waals surface area contributed by atoms with Crippen molar-refractivity contribution in [1.29, 1.82) is 0 Å². The Kier molecular flexibility index (Phi) is 7.79.